The lowest BCUT2D eigenvalue weighted by atomic mass is 10.1. The molecule has 25 heavy (non-hydrogen) atoms. The molecule has 0 aliphatic carbocycles. The molecule has 0 bridgehead atoms. The predicted molar refractivity (Wildman–Crippen MR) is 92.8 cm³/mol. The van der Waals surface area contributed by atoms with Gasteiger partial charge in [0.25, 0.3) is 5.91 Å². The first-order chi connectivity index (χ1) is 12.0. The number of alkyl halides is 1. The summed E-state index contributed by atoms with van der Waals surface area (Å²) in [4.78, 5) is 16.0. The van der Waals surface area contributed by atoms with Gasteiger partial charge in [0, 0.05) is 18.1 Å². The van der Waals surface area contributed by atoms with Gasteiger partial charge >= 0.3 is 0 Å². The maximum atomic E-state index is 14.1. The van der Waals surface area contributed by atoms with Crippen LogP contribution in [0.1, 0.15) is 30.6 Å². The third-order valence-electron chi connectivity index (χ3n) is 4.06. The van der Waals surface area contributed by atoms with Crippen LogP contribution in [0.4, 0.5) is 4.39 Å². The fraction of sp³-hybridized carbons (Fsp3) is 0.444. The van der Waals surface area contributed by atoms with Crippen LogP contribution in [0.25, 0.3) is 10.9 Å². The third kappa shape index (κ3) is 3.82. The van der Waals surface area contributed by atoms with Crippen LogP contribution in [0.3, 0.4) is 0 Å². The van der Waals surface area contributed by atoms with Crippen molar-refractivity contribution < 1.29 is 18.7 Å². The second kappa shape index (κ2) is 7.23. The van der Waals surface area contributed by atoms with Gasteiger partial charge in [-0.25, -0.2) is 4.39 Å². The van der Waals surface area contributed by atoms with Crippen molar-refractivity contribution in [3.8, 4) is 11.5 Å². The minimum atomic E-state index is -1.08. The summed E-state index contributed by atoms with van der Waals surface area (Å²) in [6.07, 6.45) is 0.431. The Labute approximate surface area is 145 Å². The molecule has 2 atom stereocenters. The summed E-state index contributed by atoms with van der Waals surface area (Å²) >= 11 is 0. The maximum Gasteiger partial charge on any atom is 0.252 e. The molecular weight excluding hydrogens is 325 g/mol. The molecule has 0 saturated carbocycles. The summed E-state index contributed by atoms with van der Waals surface area (Å²) in [5.41, 5.74) is 6.26. The molecule has 0 unspecified atom stereocenters. The molecule has 1 aliphatic rings. The number of pyridine rings is 1. The van der Waals surface area contributed by atoms with Crippen LogP contribution in [-0.2, 0) is 0 Å². The number of amides is 1. The van der Waals surface area contributed by atoms with E-state index in [-0.39, 0.29) is 18.2 Å². The summed E-state index contributed by atoms with van der Waals surface area (Å²) in [7, 11) is 0. The number of nitrogens with two attached hydrogens (primary N) is 1. The van der Waals surface area contributed by atoms with E-state index >= 15 is 0 Å². The summed E-state index contributed by atoms with van der Waals surface area (Å²) < 4.78 is 25.7. The van der Waals surface area contributed by atoms with Crippen molar-refractivity contribution in [2.45, 2.75) is 38.6 Å². The third-order valence-corrected chi connectivity index (χ3v) is 4.06. The fourth-order valence-electron chi connectivity index (χ4n) is 2.89. The van der Waals surface area contributed by atoms with Crippen molar-refractivity contribution in [1.29, 1.82) is 0 Å². The smallest absolute Gasteiger partial charge is 0.252 e. The highest BCUT2D eigenvalue weighted by atomic mass is 19.1. The summed E-state index contributed by atoms with van der Waals surface area (Å²) in [5, 5.41) is 3.66. The van der Waals surface area contributed by atoms with Crippen molar-refractivity contribution in [3.63, 3.8) is 0 Å². The van der Waals surface area contributed by atoms with E-state index in [4.69, 9.17) is 15.2 Å². The molecule has 134 valence electrons. The van der Waals surface area contributed by atoms with Crippen LogP contribution in [-0.4, -0.2) is 42.4 Å². The average molecular weight is 347 g/mol. The zero-order valence-electron chi connectivity index (χ0n) is 14.3. The number of rotatable bonds is 5. The molecule has 2 heterocycles. The SMILES string of the molecule is CC(C)Oc1cc2c(O[C@@H]3CCNC[C@H]3F)ccnc2cc1C(N)=O. The number of hydrogen-bond acceptors (Lipinski definition) is 5. The summed E-state index contributed by atoms with van der Waals surface area (Å²) in [6.45, 7) is 4.71. The standard InChI is InChI=1S/C18H22FN3O3/c1-10(2)24-17-8-11-14(7-12(17)18(20)23)22-6-4-15(11)25-16-3-5-21-9-13(16)19/h4,6-8,10,13,16,21H,3,5,9H2,1-2H3,(H2,20,23)/t13-,16-/m1/s1. The van der Waals surface area contributed by atoms with E-state index in [1.807, 2.05) is 13.8 Å². The normalized spacial score (nSPS) is 20.6. The molecule has 3 rings (SSSR count). The Balaban J connectivity index is 2.02. The summed E-state index contributed by atoms with van der Waals surface area (Å²) in [6, 6.07) is 4.96. The van der Waals surface area contributed by atoms with E-state index in [2.05, 4.69) is 10.3 Å². The number of piperidine rings is 1. The van der Waals surface area contributed by atoms with Crippen molar-refractivity contribution in [1.82, 2.24) is 10.3 Å². The molecule has 0 spiro atoms. The number of carbonyl (C=O) groups is 1. The van der Waals surface area contributed by atoms with Crippen molar-refractivity contribution in [2.75, 3.05) is 13.1 Å². The highest BCUT2D eigenvalue weighted by Gasteiger charge is 2.27. The van der Waals surface area contributed by atoms with Gasteiger partial charge < -0.3 is 20.5 Å². The van der Waals surface area contributed by atoms with Crippen LogP contribution in [0.5, 0.6) is 11.5 Å². The molecule has 1 fully saturated rings. The number of fused-ring (bicyclic) bond motifs is 1. The van der Waals surface area contributed by atoms with Gasteiger partial charge in [-0.1, -0.05) is 0 Å². The zero-order chi connectivity index (χ0) is 18.0. The Bertz CT molecular complexity index is 781. The minimum Gasteiger partial charge on any atom is -0.490 e. The number of nitrogens with zero attached hydrogens (tertiary/aromatic N) is 1. The minimum absolute atomic E-state index is 0.128. The van der Waals surface area contributed by atoms with Gasteiger partial charge in [-0.2, -0.15) is 0 Å². The molecule has 1 saturated heterocycles. The Morgan fingerprint density at radius 3 is 2.88 bits per heavy atom. The monoisotopic (exact) mass is 347 g/mol. The first-order valence-electron chi connectivity index (χ1n) is 8.36. The zero-order valence-corrected chi connectivity index (χ0v) is 14.3. The number of hydrogen-bond donors (Lipinski definition) is 2. The van der Waals surface area contributed by atoms with Crippen LogP contribution in [0.2, 0.25) is 0 Å². The van der Waals surface area contributed by atoms with Gasteiger partial charge in [0.15, 0.2) is 0 Å². The number of primary amides is 1. The van der Waals surface area contributed by atoms with Crippen LogP contribution < -0.4 is 20.5 Å². The lowest BCUT2D eigenvalue weighted by molar-refractivity contribution is 0.0743. The topological polar surface area (TPSA) is 86.5 Å². The second-order valence-corrected chi connectivity index (χ2v) is 6.37. The Hall–Kier alpha value is -2.41. The molecule has 2 aromatic rings. The van der Waals surface area contributed by atoms with E-state index in [1.165, 1.54) is 0 Å². The molecule has 7 heteroatoms. The molecule has 1 aliphatic heterocycles. The van der Waals surface area contributed by atoms with Gasteiger partial charge in [0.05, 0.1) is 17.2 Å². The highest BCUT2D eigenvalue weighted by molar-refractivity contribution is 6.01. The average Bonchev–Trinajstić information content (AvgIpc) is 2.56. The van der Waals surface area contributed by atoms with Crippen LogP contribution in [0.15, 0.2) is 24.4 Å². The first kappa shape index (κ1) is 17.4. The largest absolute Gasteiger partial charge is 0.490 e. The number of ether oxygens (including phenoxy) is 2. The Morgan fingerprint density at radius 1 is 1.40 bits per heavy atom. The second-order valence-electron chi connectivity index (χ2n) is 6.37. The van der Waals surface area contributed by atoms with Gasteiger partial charge in [0.1, 0.15) is 23.8 Å². The quantitative estimate of drug-likeness (QED) is 0.866. The van der Waals surface area contributed by atoms with Crippen molar-refractivity contribution >= 4 is 16.8 Å². The maximum absolute atomic E-state index is 14.1. The molecular formula is C18H22FN3O3. The van der Waals surface area contributed by atoms with Crippen LogP contribution in [0, 0.1) is 0 Å². The van der Waals surface area contributed by atoms with Gasteiger partial charge in [-0.15, -0.1) is 0 Å². The Kier molecular flexibility index (Phi) is 5.03. The molecule has 6 nitrogen and oxygen atoms in total. The number of nitrogens with one attached hydrogen (secondary N) is 1. The fourth-order valence-corrected chi connectivity index (χ4v) is 2.89. The van der Waals surface area contributed by atoms with Crippen molar-refractivity contribution in [2.24, 2.45) is 5.73 Å². The molecule has 0 radical (unpaired) electrons. The molecule has 3 N–H and O–H groups in total. The number of carbonyl (C=O) groups excluding carboxylic acids is 1. The van der Waals surface area contributed by atoms with E-state index in [9.17, 15) is 9.18 Å². The van der Waals surface area contributed by atoms with E-state index in [1.54, 1.807) is 24.4 Å². The van der Waals surface area contributed by atoms with E-state index < -0.39 is 18.2 Å². The van der Waals surface area contributed by atoms with Crippen LogP contribution >= 0.6 is 0 Å². The van der Waals surface area contributed by atoms with Crippen molar-refractivity contribution in [3.05, 3.63) is 30.0 Å². The molecule has 1 amide bonds. The lowest BCUT2D eigenvalue weighted by Gasteiger charge is -2.27. The highest BCUT2D eigenvalue weighted by Crippen LogP contribution is 2.32. The lowest BCUT2D eigenvalue weighted by Crippen LogP contribution is -2.44. The van der Waals surface area contributed by atoms with E-state index in [0.29, 0.717) is 35.4 Å². The number of aromatic nitrogens is 1. The molecule has 1 aromatic carbocycles. The number of benzene rings is 1. The Morgan fingerprint density at radius 2 is 2.20 bits per heavy atom. The van der Waals surface area contributed by atoms with E-state index in [0.717, 1.165) is 0 Å². The van der Waals surface area contributed by atoms with Gasteiger partial charge in [0.2, 0.25) is 0 Å². The number of halogens is 1. The molecule has 1 aromatic heterocycles. The summed E-state index contributed by atoms with van der Waals surface area (Å²) in [5.74, 6) is 0.298. The first-order valence-corrected chi connectivity index (χ1v) is 8.36. The van der Waals surface area contributed by atoms with Gasteiger partial charge in [-0.05, 0) is 45.0 Å². The predicted octanol–water partition coefficient (Wildman–Crippen LogP) is 2.20. The van der Waals surface area contributed by atoms with Gasteiger partial charge in [-0.3, -0.25) is 9.78 Å².